The van der Waals surface area contributed by atoms with E-state index in [-0.39, 0.29) is 18.3 Å². The molecule has 0 spiro atoms. The van der Waals surface area contributed by atoms with Crippen LogP contribution in [0.2, 0.25) is 5.02 Å². The van der Waals surface area contributed by atoms with E-state index in [1.54, 1.807) is 12.1 Å². The van der Waals surface area contributed by atoms with Crippen molar-refractivity contribution in [2.24, 2.45) is 0 Å². The van der Waals surface area contributed by atoms with Gasteiger partial charge in [0.15, 0.2) is 0 Å². The topological polar surface area (TPSA) is 31.2 Å². The molecule has 1 atom stereocenters. The van der Waals surface area contributed by atoms with E-state index in [4.69, 9.17) is 16.3 Å². The number of methoxy groups -OCH3 is 1. The molecule has 0 saturated heterocycles. The van der Waals surface area contributed by atoms with E-state index < -0.39 is 11.6 Å². The van der Waals surface area contributed by atoms with Gasteiger partial charge in [-0.15, -0.1) is 0 Å². The number of ether oxygens (including phenoxy) is 1. The van der Waals surface area contributed by atoms with Gasteiger partial charge in [0, 0.05) is 34.6 Å². The second-order valence-corrected chi connectivity index (χ2v) is 7.67. The van der Waals surface area contributed by atoms with Gasteiger partial charge in [0.05, 0.1) is 19.0 Å². The first-order valence-corrected chi connectivity index (χ1v) is 9.67. The minimum Gasteiger partial charge on any atom is -0.469 e. The lowest BCUT2D eigenvalue weighted by Gasteiger charge is -2.25. The zero-order chi connectivity index (χ0) is 19.8. The minimum atomic E-state index is -0.591. The predicted molar refractivity (Wildman–Crippen MR) is 105 cm³/mol. The molecule has 1 heterocycles. The molecule has 0 amide bonds. The van der Waals surface area contributed by atoms with Crippen LogP contribution in [0.4, 0.5) is 8.78 Å². The van der Waals surface area contributed by atoms with Crippen molar-refractivity contribution in [1.29, 1.82) is 0 Å². The summed E-state index contributed by atoms with van der Waals surface area (Å²) in [4.78, 5) is 12.0. The SMILES string of the molecule is COC(=O)CC1CCCc2c1n(Cc1ccc(Cl)cc1)c1c(F)cc(F)cc21. The second-order valence-electron chi connectivity index (χ2n) is 7.23. The summed E-state index contributed by atoms with van der Waals surface area (Å²) in [5.41, 5.74) is 3.18. The molecule has 2 aromatic carbocycles. The van der Waals surface area contributed by atoms with Crippen LogP contribution in [-0.4, -0.2) is 17.6 Å². The number of aryl methyl sites for hydroxylation is 1. The molecule has 0 radical (unpaired) electrons. The number of carbonyl (C=O) groups excluding carboxylic acids is 1. The maximum Gasteiger partial charge on any atom is 0.306 e. The van der Waals surface area contributed by atoms with Gasteiger partial charge in [-0.05, 0) is 48.6 Å². The largest absolute Gasteiger partial charge is 0.469 e. The molecule has 0 saturated carbocycles. The molecule has 146 valence electrons. The van der Waals surface area contributed by atoms with Gasteiger partial charge in [0.1, 0.15) is 11.6 Å². The number of rotatable bonds is 4. The first-order chi connectivity index (χ1) is 13.5. The zero-order valence-corrected chi connectivity index (χ0v) is 16.2. The molecule has 1 aliphatic rings. The summed E-state index contributed by atoms with van der Waals surface area (Å²) in [7, 11) is 1.37. The Labute approximate surface area is 166 Å². The summed E-state index contributed by atoms with van der Waals surface area (Å²) in [5, 5.41) is 1.22. The number of halogens is 3. The molecule has 28 heavy (non-hydrogen) atoms. The number of hydrogen-bond acceptors (Lipinski definition) is 2. The molecule has 1 unspecified atom stereocenters. The van der Waals surface area contributed by atoms with Crippen LogP contribution < -0.4 is 0 Å². The maximum atomic E-state index is 14.8. The fraction of sp³-hybridized carbons (Fsp3) is 0.318. The fourth-order valence-electron chi connectivity index (χ4n) is 4.30. The van der Waals surface area contributed by atoms with Gasteiger partial charge in [0.25, 0.3) is 0 Å². The smallest absolute Gasteiger partial charge is 0.306 e. The number of benzene rings is 2. The first-order valence-electron chi connectivity index (χ1n) is 9.29. The van der Waals surface area contributed by atoms with E-state index in [0.717, 1.165) is 42.1 Å². The van der Waals surface area contributed by atoms with Gasteiger partial charge in [0.2, 0.25) is 0 Å². The Kier molecular flexibility index (Phi) is 5.11. The van der Waals surface area contributed by atoms with Crippen LogP contribution in [0.25, 0.3) is 10.9 Å². The van der Waals surface area contributed by atoms with E-state index in [1.165, 1.54) is 13.2 Å². The van der Waals surface area contributed by atoms with Gasteiger partial charge in [-0.3, -0.25) is 4.79 Å². The Morgan fingerprint density at radius 2 is 2.00 bits per heavy atom. The van der Waals surface area contributed by atoms with Crippen LogP contribution in [0.5, 0.6) is 0 Å². The highest BCUT2D eigenvalue weighted by Crippen LogP contribution is 2.41. The average molecular weight is 404 g/mol. The monoisotopic (exact) mass is 403 g/mol. The summed E-state index contributed by atoms with van der Waals surface area (Å²) in [6.45, 7) is 0.420. The quantitative estimate of drug-likeness (QED) is 0.530. The van der Waals surface area contributed by atoms with Crippen LogP contribution in [0.15, 0.2) is 36.4 Å². The lowest BCUT2D eigenvalue weighted by Crippen LogP contribution is -2.18. The minimum absolute atomic E-state index is 0.0849. The predicted octanol–water partition coefficient (Wildman–Crippen LogP) is 5.60. The number of fused-ring (bicyclic) bond motifs is 3. The van der Waals surface area contributed by atoms with Crippen molar-refractivity contribution in [3.63, 3.8) is 0 Å². The van der Waals surface area contributed by atoms with Crippen LogP contribution in [0.3, 0.4) is 0 Å². The number of aromatic nitrogens is 1. The van der Waals surface area contributed by atoms with Crippen molar-refractivity contribution in [3.8, 4) is 0 Å². The molecule has 0 fully saturated rings. The van der Waals surface area contributed by atoms with Crippen LogP contribution >= 0.6 is 11.6 Å². The standard InChI is InChI=1S/C22H20ClF2NO2/c1-28-20(27)9-14-3-2-4-17-18-10-16(24)11-19(25)22(18)26(21(14)17)12-13-5-7-15(23)8-6-13/h5-8,10-11,14H,2-4,9,12H2,1H3. The molecule has 3 nitrogen and oxygen atoms in total. The van der Waals surface area contributed by atoms with Crippen LogP contribution in [0.1, 0.15) is 42.0 Å². The molecule has 3 aromatic rings. The lowest BCUT2D eigenvalue weighted by atomic mass is 9.84. The van der Waals surface area contributed by atoms with E-state index in [1.807, 2.05) is 16.7 Å². The van der Waals surface area contributed by atoms with Crippen molar-refractivity contribution in [2.45, 2.75) is 38.1 Å². The summed E-state index contributed by atoms with van der Waals surface area (Å²) >= 11 is 5.98. The van der Waals surface area contributed by atoms with E-state index in [0.29, 0.717) is 22.5 Å². The second kappa shape index (κ2) is 7.55. The van der Waals surface area contributed by atoms with Gasteiger partial charge in [-0.1, -0.05) is 23.7 Å². The number of esters is 1. The Morgan fingerprint density at radius 3 is 2.71 bits per heavy atom. The third-order valence-corrected chi connectivity index (χ3v) is 5.74. The summed E-state index contributed by atoms with van der Waals surface area (Å²) in [6, 6.07) is 9.67. The van der Waals surface area contributed by atoms with Gasteiger partial charge >= 0.3 is 5.97 Å². The summed E-state index contributed by atoms with van der Waals surface area (Å²) < 4.78 is 35.6. The van der Waals surface area contributed by atoms with Gasteiger partial charge in [-0.2, -0.15) is 0 Å². The van der Waals surface area contributed by atoms with E-state index in [9.17, 15) is 13.6 Å². The van der Waals surface area contributed by atoms with Crippen LogP contribution in [-0.2, 0) is 22.5 Å². The van der Waals surface area contributed by atoms with Crippen LogP contribution in [0, 0.1) is 11.6 Å². The van der Waals surface area contributed by atoms with Crippen molar-refractivity contribution >= 4 is 28.5 Å². The Hall–Kier alpha value is -2.40. The molecule has 6 heteroatoms. The molecule has 0 aliphatic heterocycles. The first kappa shape index (κ1) is 18.9. The normalized spacial score (nSPS) is 16.2. The number of hydrogen-bond donors (Lipinski definition) is 0. The average Bonchev–Trinajstić information content (AvgIpc) is 2.98. The highest BCUT2D eigenvalue weighted by molar-refractivity contribution is 6.30. The highest BCUT2D eigenvalue weighted by atomic mass is 35.5. The Morgan fingerprint density at radius 1 is 1.25 bits per heavy atom. The summed E-state index contributed by atoms with van der Waals surface area (Å²) in [6.07, 6.45) is 2.64. The molecular weight excluding hydrogens is 384 g/mol. The van der Waals surface area contributed by atoms with Crippen molar-refractivity contribution < 1.29 is 18.3 Å². The highest BCUT2D eigenvalue weighted by Gasteiger charge is 2.31. The van der Waals surface area contributed by atoms with E-state index in [2.05, 4.69) is 0 Å². The molecule has 4 rings (SSSR count). The third-order valence-electron chi connectivity index (χ3n) is 5.48. The van der Waals surface area contributed by atoms with Gasteiger partial charge in [-0.25, -0.2) is 8.78 Å². The van der Waals surface area contributed by atoms with E-state index >= 15 is 0 Å². The zero-order valence-electron chi connectivity index (χ0n) is 15.5. The molecule has 0 N–H and O–H groups in total. The number of carbonyl (C=O) groups is 1. The lowest BCUT2D eigenvalue weighted by molar-refractivity contribution is -0.141. The molecule has 0 bridgehead atoms. The molecule has 1 aromatic heterocycles. The summed E-state index contributed by atoms with van der Waals surface area (Å²) in [5.74, 6) is -1.56. The van der Waals surface area contributed by atoms with Crippen molar-refractivity contribution in [1.82, 2.24) is 4.57 Å². The fourth-order valence-corrected chi connectivity index (χ4v) is 4.43. The maximum absolute atomic E-state index is 14.8. The van der Waals surface area contributed by atoms with Gasteiger partial charge < -0.3 is 9.30 Å². The third kappa shape index (κ3) is 3.39. The number of nitrogens with zero attached hydrogens (tertiary/aromatic N) is 1. The van der Waals surface area contributed by atoms with Crippen molar-refractivity contribution in [3.05, 3.63) is 69.9 Å². The Balaban J connectivity index is 1.91. The van der Waals surface area contributed by atoms with Crippen molar-refractivity contribution in [2.75, 3.05) is 7.11 Å². The Bertz CT molecular complexity index is 1040. The molecular formula is C22H20ClF2NO2. The molecule has 1 aliphatic carbocycles.